The van der Waals surface area contributed by atoms with Crippen LogP contribution in [0.3, 0.4) is 0 Å². The first-order chi connectivity index (χ1) is 14.1. The third kappa shape index (κ3) is 3.60. The first kappa shape index (κ1) is 22.4. The number of phenolic OH excluding ortho intramolecular Hbond substituents is 2. The maximum Gasteiger partial charge on any atom is 0.378 e. The number of carboxylic acids is 1. The monoisotopic (exact) mass is 855 g/mol. The molecule has 0 amide bonds. The highest BCUT2D eigenvalue weighted by atomic mass is 127. The van der Waals surface area contributed by atoms with Gasteiger partial charge in [-0.3, -0.25) is 0 Å². The van der Waals surface area contributed by atoms with Gasteiger partial charge in [0.15, 0.2) is 18.6 Å². The zero-order valence-electron chi connectivity index (χ0n) is 14.4. The van der Waals surface area contributed by atoms with Crippen molar-refractivity contribution in [1.82, 2.24) is 0 Å². The van der Waals surface area contributed by atoms with E-state index in [9.17, 15) is 24.5 Å². The maximum absolute atomic E-state index is 13.9. The molecule has 0 unspecified atom stereocenters. The fraction of sp³-hybridized carbons (Fsp3) is 0. The maximum atomic E-state index is 13.9. The van der Waals surface area contributed by atoms with E-state index in [0.29, 0.717) is 47.3 Å². The summed E-state index contributed by atoms with van der Waals surface area (Å²) in [7, 11) is 0. The lowest BCUT2D eigenvalue weighted by Gasteiger charge is -2.12. The van der Waals surface area contributed by atoms with E-state index >= 15 is 0 Å². The smallest absolute Gasteiger partial charge is 0.378 e. The van der Waals surface area contributed by atoms with Gasteiger partial charge in [0.05, 0.1) is 23.5 Å². The molecule has 0 radical (unpaired) electrons. The van der Waals surface area contributed by atoms with Crippen molar-refractivity contribution in [3.05, 3.63) is 56.0 Å². The molecule has 0 saturated heterocycles. The molecule has 1 aromatic heterocycles. The zero-order chi connectivity index (χ0) is 21.9. The van der Waals surface area contributed by atoms with E-state index in [0.717, 1.165) is 6.07 Å². The van der Waals surface area contributed by atoms with Gasteiger partial charge in [0.2, 0.25) is 0 Å². The summed E-state index contributed by atoms with van der Waals surface area (Å²) < 4.78 is 22.0. The number of fused-ring (bicyclic) bond motifs is 2. The first-order valence-electron chi connectivity index (χ1n) is 8.12. The van der Waals surface area contributed by atoms with E-state index in [1.165, 1.54) is 12.1 Å². The SMILES string of the molecule is O=C(O)c1cc(F)ccc1-c1c2cc(I)c(O)c(I)c2[o+]c2c(I)c(O)c(I)cc12. The minimum atomic E-state index is -1.27. The van der Waals surface area contributed by atoms with Crippen LogP contribution in [0.25, 0.3) is 33.1 Å². The minimum Gasteiger partial charge on any atom is -0.505 e. The number of carboxylic acid groups (broad SMARTS) is 1. The van der Waals surface area contributed by atoms with Crippen molar-refractivity contribution in [2.45, 2.75) is 0 Å². The predicted molar refractivity (Wildman–Crippen MR) is 145 cm³/mol. The molecule has 0 fully saturated rings. The number of hydrogen-bond acceptors (Lipinski definition) is 3. The van der Waals surface area contributed by atoms with Gasteiger partial charge in [-0.05, 0) is 120 Å². The minimum absolute atomic E-state index is 0.0417. The van der Waals surface area contributed by atoms with E-state index in [1.807, 2.05) is 90.4 Å². The summed E-state index contributed by atoms with van der Waals surface area (Å²) in [5, 5.41) is 31.7. The Kier molecular flexibility index (Phi) is 6.22. The van der Waals surface area contributed by atoms with Crippen molar-refractivity contribution >= 4 is 118 Å². The van der Waals surface area contributed by atoms with Crippen molar-refractivity contribution < 1.29 is 28.9 Å². The Morgan fingerprint density at radius 3 is 1.83 bits per heavy atom. The Morgan fingerprint density at radius 2 is 1.37 bits per heavy atom. The van der Waals surface area contributed by atoms with Gasteiger partial charge in [-0.1, -0.05) is 6.07 Å². The molecule has 3 N–H and O–H groups in total. The molecule has 0 saturated carbocycles. The Morgan fingerprint density at radius 1 is 0.867 bits per heavy atom. The number of rotatable bonds is 2. The summed E-state index contributed by atoms with van der Waals surface area (Å²) in [5.41, 5.74) is 1.32. The van der Waals surface area contributed by atoms with Crippen molar-refractivity contribution in [1.29, 1.82) is 0 Å². The summed E-state index contributed by atoms with van der Waals surface area (Å²) in [6.07, 6.45) is 0. The Hall–Kier alpha value is -0.750. The number of phenols is 2. The van der Waals surface area contributed by atoms with Gasteiger partial charge >= 0.3 is 17.1 Å². The largest absolute Gasteiger partial charge is 0.505 e. The van der Waals surface area contributed by atoms with E-state index in [2.05, 4.69) is 0 Å². The molecule has 152 valence electrons. The second kappa shape index (κ2) is 8.31. The van der Waals surface area contributed by atoms with Gasteiger partial charge in [0.1, 0.15) is 5.82 Å². The quantitative estimate of drug-likeness (QED) is 0.113. The molecule has 0 aliphatic heterocycles. The van der Waals surface area contributed by atoms with Crippen LogP contribution in [0.4, 0.5) is 4.39 Å². The molecule has 4 rings (SSSR count). The average Bonchev–Trinajstić information content (AvgIpc) is 2.70. The molecule has 0 aliphatic carbocycles. The summed E-state index contributed by atoms with van der Waals surface area (Å²) in [6.45, 7) is 0. The highest BCUT2D eigenvalue weighted by Gasteiger charge is 2.31. The van der Waals surface area contributed by atoms with Crippen LogP contribution in [0.15, 0.2) is 34.7 Å². The molecule has 30 heavy (non-hydrogen) atoms. The van der Waals surface area contributed by atoms with Crippen LogP contribution in [0, 0.1) is 20.1 Å². The second-order valence-corrected chi connectivity index (χ2v) is 10.7. The molecule has 0 atom stereocenters. The predicted octanol–water partition coefficient (Wildman–Crippen LogP) is 7.20. The van der Waals surface area contributed by atoms with Gasteiger partial charge in [-0.2, -0.15) is 0 Å². The van der Waals surface area contributed by atoms with Crippen LogP contribution in [-0.4, -0.2) is 21.3 Å². The zero-order valence-corrected chi connectivity index (χ0v) is 23.1. The number of benzene rings is 3. The van der Waals surface area contributed by atoms with Gasteiger partial charge in [0, 0.05) is 5.56 Å². The molecular weight excluding hydrogens is 847 g/mol. The molecule has 10 heteroatoms. The second-order valence-electron chi connectivity index (χ2n) is 6.27. The van der Waals surface area contributed by atoms with E-state index in [1.54, 1.807) is 12.1 Å². The summed E-state index contributed by atoms with van der Waals surface area (Å²) in [6, 6.07) is 7.01. The number of carbonyl (C=O) groups is 1. The van der Waals surface area contributed by atoms with Crippen LogP contribution in [0.5, 0.6) is 11.5 Å². The van der Waals surface area contributed by atoms with Crippen LogP contribution >= 0.6 is 90.4 Å². The Balaban J connectivity index is 2.34. The van der Waals surface area contributed by atoms with Gasteiger partial charge in [-0.15, -0.1) is 0 Å². The summed E-state index contributed by atoms with van der Waals surface area (Å²) >= 11 is 7.90. The first-order valence-corrected chi connectivity index (χ1v) is 12.4. The summed E-state index contributed by atoms with van der Waals surface area (Å²) in [4.78, 5) is 11.9. The third-order valence-electron chi connectivity index (χ3n) is 4.52. The standard InChI is InChI=1S/C20H7FI4O5/c21-6-1-2-7(8(3-6)20(28)29)13-9-4-11(22)16(26)14(24)18(9)30-19-10(13)5-12(23)17(27)15(19)25/h1-5H,(H2-,26,27,28,29)/p+1. The fourth-order valence-electron chi connectivity index (χ4n) is 3.20. The van der Waals surface area contributed by atoms with E-state index in [4.69, 9.17) is 4.42 Å². The molecule has 0 aliphatic rings. The summed E-state index contributed by atoms with van der Waals surface area (Å²) in [5.74, 6) is -1.84. The molecule has 1 heterocycles. The van der Waals surface area contributed by atoms with Crippen LogP contribution < -0.4 is 0 Å². The molecule has 3 aromatic carbocycles. The molecule has 0 bridgehead atoms. The third-order valence-corrected chi connectivity index (χ3v) is 8.17. The highest BCUT2D eigenvalue weighted by Crippen LogP contribution is 2.46. The lowest BCUT2D eigenvalue weighted by Crippen LogP contribution is -2.02. The van der Waals surface area contributed by atoms with Crippen molar-refractivity contribution in [3.8, 4) is 22.6 Å². The van der Waals surface area contributed by atoms with E-state index < -0.39 is 11.8 Å². The van der Waals surface area contributed by atoms with Crippen molar-refractivity contribution in [3.63, 3.8) is 0 Å². The fourth-order valence-corrected chi connectivity index (χ4v) is 6.78. The Bertz CT molecular complexity index is 1330. The lowest BCUT2D eigenvalue weighted by atomic mass is 9.93. The van der Waals surface area contributed by atoms with Crippen LogP contribution in [0.1, 0.15) is 10.4 Å². The Labute approximate surface area is 223 Å². The normalized spacial score (nSPS) is 11.4. The lowest BCUT2D eigenvalue weighted by molar-refractivity contribution is 0.0697. The van der Waals surface area contributed by atoms with E-state index in [-0.39, 0.29) is 17.1 Å². The number of halogens is 5. The molecule has 4 aromatic rings. The van der Waals surface area contributed by atoms with Crippen molar-refractivity contribution in [2.24, 2.45) is 0 Å². The number of aromatic hydroxyl groups is 2. The number of hydrogen-bond donors (Lipinski definition) is 3. The van der Waals surface area contributed by atoms with Gasteiger partial charge < -0.3 is 15.3 Å². The highest BCUT2D eigenvalue weighted by molar-refractivity contribution is 14.1. The molecular formula is C20H8FI4O5+. The number of aromatic carboxylic acids is 1. The van der Waals surface area contributed by atoms with Gasteiger partial charge in [0.25, 0.3) is 0 Å². The van der Waals surface area contributed by atoms with Gasteiger partial charge in [-0.25, -0.2) is 13.6 Å². The van der Waals surface area contributed by atoms with Crippen LogP contribution in [-0.2, 0) is 0 Å². The molecule has 0 spiro atoms. The average molecular weight is 855 g/mol. The molecule has 5 nitrogen and oxygen atoms in total. The van der Waals surface area contributed by atoms with Crippen LogP contribution in [0.2, 0.25) is 0 Å². The van der Waals surface area contributed by atoms with Crippen molar-refractivity contribution in [2.75, 3.05) is 0 Å². The topological polar surface area (TPSA) is 89.1 Å².